The number of halogens is 3. The number of hydrogen-bond acceptors (Lipinski definition) is 3. The summed E-state index contributed by atoms with van der Waals surface area (Å²) in [6, 6.07) is 1.50. The number of aromatic nitrogens is 4. The summed E-state index contributed by atoms with van der Waals surface area (Å²) < 4.78 is 40.4. The van der Waals surface area contributed by atoms with Crippen LogP contribution in [0.5, 0.6) is 0 Å². The molecule has 0 aliphatic heterocycles. The maximum atomic E-state index is 13.9. The molecule has 2 heterocycles. The third-order valence-corrected chi connectivity index (χ3v) is 2.95. The number of hydrogen-bond donors (Lipinski definition) is 1. The molecule has 0 aliphatic rings. The first-order valence-corrected chi connectivity index (χ1v) is 6.27. The fourth-order valence-corrected chi connectivity index (χ4v) is 1.90. The quantitative estimate of drug-likeness (QED) is 0.886. The van der Waals surface area contributed by atoms with Crippen molar-refractivity contribution in [1.29, 1.82) is 0 Å². The molecule has 0 unspecified atom stereocenters. The predicted octanol–water partition coefficient (Wildman–Crippen LogP) is 2.23. The first-order valence-electron chi connectivity index (χ1n) is 6.27. The predicted molar refractivity (Wildman–Crippen MR) is 66.6 cm³/mol. The molecule has 0 aromatic carbocycles. The first-order chi connectivity index (χ1) is 9.52. The van der Waals surface area contributed by atoms with E-state index in [-0.39, 0.29) is 19.0 Å². The zero-order valence-electron chi connectivity index (χ0n) is 11.3. The Balaban J connectivity index is 1.94. The van der Waals surface area contributed by atoms with Gasteiger partial charge in [0, 0.05) is 31.4 Å². The molecule has 2 aromatic rings. The van der Waals surface area contributed by atoms with Crippen LogP contribution in [0.15, 0.2) is 12.3 Å². The Morgan fingerprint density at radius 3 is 2.60 bits per heavy atom. The Bertz CT molecular complexity index is 576. The highest BCUT2D eigenvalue weighted by molar-refractivity contribution is 5.17. The minimum absolute atomic E-state index is 0.277. The van der Waals surface area contributed by atoms with E-state index < -0.39 is 6.55 Å². The van der Waals surface area contributed by atoms with Gasteiger partial charge in [0.25, 0.3) is 0 Å². The Hall–Kier alpha value is -1.83. The molecule has 5 nitrogen and oxygen atoms in total. The van der Waals surface area contributed by atoms with E-state index >= 15 is 0 Å². The van der Waals surface area contributed by atoms with Gasteiger partial charge in [0.1, 0.15) is 0 Å². The molecule has 0 saturated heterocycles. The molecule has 0 aliphatic carbocycles. The van der Waals surface area contributed by atoms with Crippen LogP contribution in [0.3, 0.4) is 0 Å². The van der Waals surface area contributed by atoms with Crippen LogP contribution < -0.4 is 5.32 Å². The topological polar surface area (TPSA) is 47.7 Å². The number of nitrogens with one attached hydrogen (secondary N) is 1. The Kier molecular flexibility index (Phi) is 4.43. The van der Waals surface area contributed by atoms with Crippen LogP contribution in [0, 0.1) is 12.9 Å². The van der Waals surface area contributed by atoms with Crippen molar-refractivity contribution < 1.29 is 13.2 Å². The Labute approximate surface area is 114 Å². The van der Waals surface area contributed by atoms with E-state index in [1.807, 2.05) is 6.92 Å². The van der Waals surface area contributed by atoms with Crippen LogP contribution in [-0.4, -0.2) is 19.6 Å². The zero-order chi connectivity index (χ0) is 14.7. The van der Waals surface area contributed by atoms with E-state index in [2.05, 4.69) is 15.5 Å². The normalized spacial score (nSPS) is 11.5. The molecule has 2 rings (SSSR count). The summed E-state index contributed by atoms with van der Waals surface area (Å²) in [5, 5.41) is 10.7. The van der Waals surface area contributed by atoms with E-state index in [0.717, 1.165) is 0 Å². The summed E-state index contributed by atoms with van der Waals surface area (Å²) in [7, 11) is 0. The second kappa shape index (κ2) is 6.08. The van der Waals surface area contributed by atoms with Crippen LogP contribution >= 0.6 is 0 Å². The summed E-state index contributed by atoms with van der Waals surface area (Å²) in [4.78, 5) is 0. The van der Waals surface area contributed by atoms with Gasteiger partial charge in [0.2, 0.25) is 5.95 Å². The number of aryl methyl sites for hydroxylation is 2. The highest BCUT2D eigenvalue weighted by atomic mass is 19.3. The van der Waals surface area contributed by atoms with Crippen molar-refractivity contribution in [2.45, 2.75) is 40.0 Å². The lowest BCUT2D eigenvalue weighted by atomic mass is 10.2. The van der Waals surface area contributed by atoms with Crippen LogP contribution in [0.2, 0.25) is 0 Å². The van der Waals surface area contributed by atoms with Gasteiger partial charge < -0.3 is 5.32 Å². The lowest BCUT2D eigenvalue weighted by molar-refractivity contribution is 0.0561. The average Bonchev–Trinajstić information content (AvgIpc) is 2.98. The highest BCUT2D eigenvalue weighted by Gasteiger charge is 2.14. The van der Waals surface area contributed by atoms with Crippen molar-refractivity contribution >= 4 is 0 Å². The molecule has 20 heavy (non-hydrogen) atoms. The molecule has 2 aromatic heterocycles. The molecular formula is C12H16F3N5. The van der Waals surface area contributed by atoms with Gasteiger partial charge in [-0.2, -0.15) is 23.4 Å². The van der Waals surface area contributed by atoms with Gasteiger partial charge >= 0.3 is 6.55 Å². The first kappa shape index (κ1) is 14.6. The van der Waals surface area contributed by atoms with Crippen LogP contribution in [0.4, 0.5) is 13.2 Å². The van der Waals surface area contributed by atoms with E-state index in [9.17, 15) is 13.2 Å². The van der Waals surface area contributed by atoms with Gasteiger partial charge in [-0.05, 0) is 19.9 Å². The fraction of sp³-hybridized carbons (Fsp3) is 0.500. The van der Waals surface area contributed by atoms with E-state index in [4.69, 9.17) is 0 Å². The van der Waals surface area contributed by atoms with Gasteiger partial charge in [-0.1, -0.05) is 0 Å². The second-order valence-electron chi connectivity index (χ2n) is 4.34. The average molecular weight is 287 g/mol. The molecule has 0 amide bonds. The highest BCUT2D eigenvalue weighted by Crippen LogP contribution is 2.12. The summed E-state index contributed by atoms with van der Waals surface area (Å²) >= 11 is 0. The van der Waals surface area contributed by atoms with Crippen LogP contribution in [0.25, 0.3) is 0 Å². The molecule has 0 saturated carbocycles. The van der Waals surface area contributed by atoms with Gasteiger partial charge in [-0.25, -0.2) is 9.36 Å². The minimum Gasteiger partial charge on any atom is -0.307 e. The molecule has 8 heteroatoms. The van der Waals surface area contributed by atoms with Crippen molar-refractivity contribution in [3.63, 3.8) is 0 Å². The van der Waals surface area contributed by atoms with Crippen molar-refractivity contribution in [2.24, 2.45) is 0 Å². The summed E-state index contributed by atoms with van der Waals surface area (Å²) in [5.41, 5.74) is 1.58. The molecule has 0 atom stereocenters. The lowest BCUT2D eigenvalue weighted by Gasteiger charge is -2.02. The Morgan fingerprint density at radius 2 is 2.05 bits per heavy atom. The summed E-state index contributed by atoms with van der Waals surface area (Å²) in [5.74, 6) is -0.365. The molecule has 0 radical (unpaired) electrons. The maximum absolute atomic E-state index is 13.9. The third-order valence-electron chi connectivity index (χ3n) is 2.95. The van der Waals surface area contributed by atoms with Gasteiger partial charge in [0.15, 0.2) is 0 Å². The molecule has 0 fully saturated rings. The largest absolute Gasteiger partial charge is 0.333 e. The van der Waals surface area contributed by atoms with Crippen LogP contribution in [-0.2, 0) is 19.6 Å². The van der Waals surface area contributed by atoms with E-state index in [1.54, 1.807) is 6.92 Å². The number of nitrogens with zero attached hydrogens (tertiary/aromatic N) is 4. The molecule has 0 bridgehead atoms. The fourth-order valence-electron chi connectivity index (χ4n) is 1.90. The number of alkyl halides is 2. The Morgan fingerprint density at radius 1 is 1.30 bits per heavy atom. The number of rotatable bonds is 6. The summed E-state index contributed by atoms with van der Waals surface area (Å²) in [6.07, 6.45) is 1.21. The van der Waals surface area contributed by atoms with E-state index in [1.165, 1.54) is 16.9 Å². The monoisotopic (exact) mass is 287 g/mol. The molecule has 1 N–H and O–H groups in total. The van der Waals surface area contributed by atoms with Gasteiger partial charge in [-0.15, -0.1) is 0 Å². The van der Waals surface area contributed by atoms with Gasteiger partial charge in [-0.3, -0.25) is 0 Å². The second-order valence-corrected chi connectivity index (χ2v) is 4.34. The lowest BCUT2D eigenvalue weighted by Crippen LogP contribution is -2.15. The van der Waals surface area contributed by atoms with E-state index in [0.29, 0.717) is 28.2 Å². The summed E-state index contributed by atoms with van der Waals surface area (Å²) in [6.45, 7) is 1.92. The maximum Gasteiger partial charge on any atom is 0.333 e. The molecular weight excluding hydrogens is 271 g/mol. The van der Waals surface area contributed by atoms with Crippen molar-refractivity contribution in [2.75, 3.05) is 0 Å². The zero-order valence-corrected chi connectivity index (χ0v) is 11.3. The van der Waals surface area contributed by atoms with Crippen molar-refractivity contribution in [3.8, 4) is 0 Å². The minimum atomic E-state index is -2.65. The van der Waals surface area contributed by atoms with Crippen LogP contribution in [0.1, 0.15) is 30.4 Å². The molecule has 110 valence electrons. The third kappa shape index (κ3) is 3.01. The standard InChI is InChI=1S/C12H16F3N5/c1-3-19-11(13)10(8(2)17-19)7-16-6-9-4-5-20(18-9)12(14)15/h4-5,12,16H,3,6-7H2,1-2H3. The molecule has 0 spiro atoms. The smallest absolute Gasteiger partial charge is 0.307 e. The SMILES string of the molecule is CCn1nc(C)c(CNCc2ccn(C(F)F)n2)c1F. The van der Waals surface area contributed by atoms with Crippen molar-refractivity contribution in [3.05, 3.63) is 35.2 Å². The van der Waals surface area contributed by atoms with Crippen molar-refractivity contribution in [1.82, 2.24) is 24.9 Å². The van der Waals surface area contributed by atoms with Gasteiger partial charge in [0.05, 0.1) is 11.4 Å².